The van der Waals surface area contributed by atoms with Crippen LogP contribution in [-0.4, -0.2) is 81.3 Å². The normalized spacial score (nSPS) is 26.7. The van der Waals surface area contributed by atoms with Gasteiger partial charge >= 0.3 is 0 Å². The van der Waals surface area contributed by atoms with E-state index in [1.54, 1.807) is 0 Å². The SMILES string of the molecule is C[C@@]1(NC(=O)CC[N+](C)(C)CCC#N)CS(=O)(=O)C[C@H]1S(=O)(=O)O. The quantitative estimate of drug-likeness (QED) is 0.421. The van der Waals surface area contributed by atoms with Gasteiger partial charge in [-0.2, -0.15) is 13.7 Å². The van der Waals surface area contributed by atoms with E-state index >= 15 is 0 Å². The number of nitrogens with one attached hydrogen (secondary N) is 1. The highest BCUT2D eigenvalue weighted by Crippen LogP contribution is 2.29. The van der Waals surface area contributed by atoms with Crippen LogP contribution in [0.4, 0.5) is 0 Å². The molecular weight excluding hydrogens is 358 g/mol. The molecule has 24 heavy (non-hydrogen) atoms. The highest BCUT2D eigenvalue weighted by molar-refractivity contribution is 7.94. The lowest BCUT2D eigenvalue weighted by molar-refractivity contribution is -0.889. The summed E-state index contributed by atoms with van der Waals surface area (Å²) in [5, 5.41) is 9.49. The van der Waals surface area contributed by atoms with Gasteiger partial charge in [0.1, 0.15) is 5.25 Å². The first kappa shape index (κ1) is 20.8. The van der Waals surface area contributed by atoms with Crippen molar-refractivity contribution >= 4 is 25.9 Å². The van der Waals surface area contributed by atoms with E-state index in [1.165, 1.54) is 6.92 Å². The topological polar surface area (TPSA) is 141 Å². The van der Waals surface area contributed by atoms with Crippen molar-refractivity contribution in [3.05, 3.63) is 0 Å². The van der Waals surface area contributed by atoms with Gasteiger partial charge in [0.15, 0.2) is 9.84 Å². The lowest BCUT2D eigenvalue weighted by Gasteiger charge is -2.31. The highest BCUT2D eigenvalue weighted by Gasteiger charge is 2.54. The lowest BCUT2D eigenvalue weighted by atomic mass is 10.0. The van der Waals surface area contributed by atoms with Gasteiger partial charge in [0, 0.05) is 0 Å². The predicted octanol–water partition coefficient (Wildman–Crippen LogP) is -1.07. The maximum Gasteiger partial charge on any atom is 0.271 e. The van der Waals surface area contributed by atoms with Gasteiger partial charge in [0.25, 0.3) is 10.1 Å². The van der Waals surface area contributed by atoms with E-state index in [-0.39, 0.29) is 6.42 Å². The minimum atomic E-state index is -4.62. The molecule has 0 aliphatic carbocycles. The second kappa shape index (κ2) is 6.95. The fraction of sp³-hybridized carbons (Fsp3) is 0.846. The Kier molecular flexibility index (Phi) is 6.03. The molecule has 1 heterocycles. The third kappa shape index (κ3) is 5.70. The average molecular weight is 382 g/mol. The monoisotopic (exact) mass is 382 g/mol. The third-order valence-corrected chi connectivity index (χ3v) is 7.69. The Morgan fingerprint density at radius 3 is 2.50 bits per heavy atom. The van der Waals surface area contributed by atoms with Crippen LogP contribution in [0.3, 0.4) is 0 Å². The molecule has 0 unspecified atom stereocenters. The summed E-state index contributed by atoms with van der Waals surface area (Å²) in [7, 11) is -4.59. The Bertz CT molecular complexity index is 738. The van der Waals surface area contributed by atoms with Crippen molar-refractivity contribution in [3.8, 4) is 6.07 Å². The minimum absolute atomic E-state index is 0.0479. The Morgan fingerprint density at radius 1 is 1.42 bits per heavy atom. The zero-order chi connectivity index (χ0) is 18.8. The average Bonchev–Trinajstić information content (AvgIpc) is 2.64. The van der Waals surface area contributed by atoms with Crippen LogP contribution in [0.2, 0.25) is 0 Å². The molecule has 9 nitrogen and oxygen atoms in total. The molecule has 1 aliphatic rings. The van der Waals surface area contributed by atoms with Gasteiger partial charge in [-0.15, -0.1) is 0 Å². The van der Waals surface area contributed by atoms with Crippen molar-refractivity contribution in [1.82, 2.24) is 5.32 Å². The molecule has 138 valence electrons. The molecular formula is C13H24N3O6S2+. The number of rotatable bonds is 7. The van der Waals surface area contributed by atoms with E-state index in [4.69, 9.17) is 5.26 Å². The minimum Gasteiger partial charge on any atom is -0.348 e. The smallest absolute Gasteiger partial charge is 0.271 e. The van der Waals surface area contributed by atoms with Crippen molar-refractivity contribution in [2.75, 3.05) is 38.7 Å². The van der Waals surface area contributed by atoms with Gasteiger partial charge in [-0.05, 0) is 6.92 Å². The maximum absolute atomic E-state index is 12.2. The number of carbonyl (C=O) groups is 1. The molecule has 1 rings (SSSR count). The van der Waals surface area contributed by atoms with Crippen molar-refractivity contribution in [1.29, 1.82) is 5.26 Å². The summed E-state index contributed by atoms with van der Waals surface area (Å²) in [6.07, 6.45) is 0.391. The summed E-state index contributed by atoms with van der Waals surface area (Å²) < 4.78 is 56.1. The molecule has 11 heteroatoms. The summed E-state index contributed by atoms with van der Waals surface area (Å²) >= 11 is 0. The second-order valence-corrected chi connectivity index (χ2v) is 10.8. The molecule has 1 saturated heterocycles. The fourth-order valence-corrected chi connectivity index (χ4v) is 7.15. The van der Waals surface area contributed by atoms with Gasteiger partial charge in [-0.3, -0.25) is 9.35 Å². The summed E-state index contributed by atoms with van der Waals surface area (Å²) in [5.74, 6) is -1.75. The van der Waals surface area contributed by atoms with Gasteiger partial charge in [-0.1, -0.05) is 0 Å². The van der Waals surface area contributed by atoms with Crippen LogP contribution in [0, 0.1) is 11.3 Å². The van der Waals surface area contributed by atoms with Crippen LogP contribution in [0.25, 0.3) is 0 Å². The third-order valence-electron chi connectivity index (χ3n) is 4.19. The molecule has 1 fully saturated rings. The Hall–Kier alpha value is -1.22. The largest absolute Gasteiger partial charge is 0.348 e. The predicted molar refractivity (Wildman–Crippen MR) is 87.2 cm³/mol. The van der Waals surface area contributed by atoms with Crippen molar-refractivity contribution in [2.24, 2.45) is 0 Å². The zero-order valence-electron chi connectivity index (χ0n) is 14.0. The van der Waals surface area contributed by atoms with Crippen LogP contribution in [0.5, 0.6) is 0 Å². The van der Waals surface area contributed by atoms with Gasteiger partial charge < -0.3 is 9.80 Å². The first-order valence-electron chi connectivity index (χ1n) is 7.37. The number of amides is 1. The number of carbonyl (C=O) groups excluding carboxylic acids is 1. The Morgan fingerprint density at radius 2 is 2.00 bits per heavy atom. The highest BCUT2D eigenvalue weighted by atomic mass is 32.2. The molecule has 0 aromatic carbocycles. The molecule has 0 aromatic heterocycles. The second-order valence-electron chi connectivity index (χ2n) is 7.06. The number of quaternary nitrogens is 1. The molecule has 0 bridgehead atoms. The zero-order valence-corrected chi connectivity index (χ0v) is 15.7. The van der Waals surface area contributed by atoms with Crippen LogP contribution >= 0.6 is 0 Å². The Balaban J connectivity index is 2.79. The number of sulfone groups is 1. The van der Waals surface area contributed by atoms with Crippen molar-refractivity contribution < 1.29 is 30.7 Å². The summed E-state index contributed by atoms with van der Waals surface area (Å²) in [5.41, 5.74) is -1.56. The van der Waals surface area contributed by atoms with E-state index in [2.05, 4.69) is 5.32 Å². The molecule has 0 radical (unpaired) electrons. The first-order chi connectivity index (χ1) is 10.7. The molecule has 2 N–H and O–H groups in total. The molecule has 1 amide bonds. The molecule has 0 aromatic rings. The van der Waals surface area contributed by atoms with Crippen LogP contribution in [0.1, 0.15) is 19.8 Å². The summed E-state index contributed by atoms with van der Waals surface area (Å²) in [6, 6.07) is 2.03. The molecule has 2 atom stereocenters. The number of nitrogens with zero attached hydrogens (tertiary/aromatic N) is 2. The molecule has 0 spiro atoms. The number of hydrogen-bond acceptors (Lipinski definition) is 6. The maximum atomic E-state index is 12.2. The summed E-state index contributed by atoms with van der Waals surface area (Å²) in [4.78, 5) is 12.2. The van der Waals surface area contributed by atoms with Crippen LogP contribution in [-0.2, 0) is 24.7 Å². The van der Waals surface area contributed by atoms with E-state index in [0.717, 1.165) is 0 Å². The number of hydrogen-bond donors (Lipinski definition) is 2. The van der Waals surface area contributed by atoms with Crippen molar-refractivity contribution in [2.45, 2.75) is 30.6 Å². The van der Waals surface area contributed by atoms with Gasteiger partial charge in [0.2, 0.25) is 5.91 Å². The van der Waals surface area contributed by atoms with Crippen LogP contribution in [0.15, 0.2) is 0 Å². The van der Waals surface area contributed by atoms with Crippen molar-refractivity contribution in [3.63, 3.8) is 0 Å². The first-order valence-corrected chi connectivity index (χ1v) is 10.7. The standard InChI is InChI=1S/C13H23N3O6S2/c1-13(10-23(18,19)9-11(13)24(20,21)22)15-12(17)5-8-16(2,3)7-4-6-14/h11H,4-5,7-10H2,1-3H3,(H-,15,17,20,21,22)/p+1/t11-,13-/m1/s1. The molecule has 0 saturated carbocycles. The van der Waals surface area contributed by atoms with E-state index in [9.17, 15) is 26.2 Å². The summed E-state index contributed by atoms with van der Waals surface area (Å²) in [6.45, 7) is 2.28. The Labute approximate surface area is 142 Å². The van der Waals surface area contributed by atoms with Crippen LogP contribution < -0.4 is 5.32 Å². The fourth-order valence-electron chi connectivity index (χ4n) is 2.80. The van der Waals surface area contributed by atoms with Gasteiger partial charge in [-0.25, -0.2) is 8.42 Å². The van der Waals surface area contributed by atoms with E-state index in [0.29, 0.717) is 24.0 Å². The van der Waals surface area contributed by atoms with Gasteiger partial charge in [0.05, 0.1) is 63.1 Å². The molecule has 1 aliphatic heterocycles. The van der Waals surface area contributed by atoms with E-state index < -0.39 is 48.2 Å². The lowest BCUT2D eigenvalue weighted by Crippen LogP contribution is -2.57. The number of nitriles is 1. The van der Waals surface area contributed by atoms with E-state index in [1.807, 2.05) is 20.2 Å².